The zero-order valence-electron chi connectivity index (χ0n) is 25.0. The fraction of sp³-hybridized carbons (Fsp3) is 0.586. The Hall–Kier alpha value is -3.90. The SMILES string of the molecule is COc1c(F)cccc1-c1cc2c(nn1)NCC1(CF)CN(C(=O)N3CCN(C(=O)OC(C)(C)C)CC3(C)C)CCN21. The average Bonchev–Trinajstić information content (AvgIpc) is 2.94. The number of hydrogen-bond acceptors (Lipinski definition) is 8. The Morgan fingerprint density at radius 1 is 1.07 bits per heavy atom. The summed E-state index contributed by atoms with van der Waals surface area (Å²) < 4.78 is 40.2. The number of rotatable bonds is 3. The number of aromatic nitrogens is 2. The summed E-state index contributed by atoms with van der Waals surface area (Å²) in [6.45, 7) is 10.7. The van der Waals surface area contributed by atoms with E-state index in [-0.39, 0.29) is 24.9 Å². The average molecular weight is 588 g/mol. The highest BCUT2D eigenvalue weighted by Crippen LogP contribution is 2.41. The van der Waals surface area contributed by atoms with E-state index in [1.807, 2.05) is 39.5 Å². The summed E-state index contributed by atoms with van der Waals surface area (Å²) in [6.07, 6.45) is -0.405. The lowest BCUT2D eigenvalue weighted by Gasteiger charge is -2.55. The van der Waals surface area contributed by atoms with Crippen molar-refractivity contribution in [2.75, 3.05) is 69.8 Å². The van der Waals surface area contributed by atoms with Crippen LogP contribution in [0.4, 0.5) is 29.9 Å². The van der Waals surface area contributed by atoms with Crippen molar-refractivity contribution in [1.82, 2.24) is 24.9 Å². The second kappa shape index (κ2) is 10.7. The van der Waals surface area contributed by atoms with Gasteiger partial charge < -0.3 is 34.4 Å². The van der Waals surface area contributed by atoms with Crippen molar-refractivity contribution in [3.05, 3.63) is 30.1 Å². The summed E-state index contributed by atoms with van der Waals surface area (Å²) in [4.78, 5) is 33.6. The van der Waals surface area contributed by atoms with E-state index in [0.29, 0.717) is 55.5 Å². The Bertz CT molecular complexity index is 1370. The van der Waals surface area contributed by atoms with Crippen LogP contribution in [0.25, 0.3) is 11.3 Å². The van der Waals surface area contributed by atoms with Gasteiger partial charge in [-0.1, -0.05) is 6.07 Å². The predicted octanol–water partition coefficient (Wildman–Crippen LogP) is 4.00. The molecule has 1 atom stereocenters. The van der Waals surface area contributed by atoms with Crippen LogP contribution in [-0.2, 0) is 4.74 Å². The van der Waals surface area contributed by atoms with E-state index in [1.54, 1.807) is 32.9 Å². The molecule has 0 radical (unpaired) electrons. The normalized spacial score (nSPS) is 21.7. The maximum absolute atomic E-state index is 15.0. The topological polar surface area (TPSA) is 103 Å². The largest absolute Gasteiger partial charge is 0.493 e. The molecular weight excluding hydrogens is 548 g/mol. The van der Waals surface area contributed by atoms with Crippen LogP contribution in [0.15, 0.2) is 24.3 Å². The Labute approximate surface area is 244 Å². The van der Waals surface area contributed by atoms with Gasteiger partial charge in [-0.3, -0.25) is 0 Å². The smallest absolute Gasteiger partial charge is 0.410 e. The molecule has 3 aliphatic heterocycles. The van der Waals surface area contributed by atoms with E-state index >= 15 is 4.39 Å². The van der Waals surface area contributed by atoms with Crippen molar-refractivity contribution >= 4 is 23.6 Å². The number of methoxy groups -OCH3 is 1. The van der Waals surface area contributed by atoms with E-state index in [9.17, 15) is 14.0 Å². The number of nitrogens with one attached hydrogen (secondary N) is 1. The van der Waals surface area contributed by atoms with E-state index in [0.717, 1.165) is 0 Å². The van der Waals surface area contributed by atoms with E-state index in [2.05, 4.69) is 15.5 Å². The zero-order chi connectivity index (χ0) is 30.4. The molecule has 4 heterocycles. The number of carbonyl (C=O) groups excluding carboxylic acids is 2. The van der Waals surface area contributed by atoms with Crippen LogP contribution in [0.2, 0.25) is 0 Å². The first-order valence-electron chi connectivity index (χ1n) is 14.1. The second-order valence-corrected chi connectivity index (χ2v) is 12.7. The van der Waals surface area contributed by atoms with E-state index in [4.69, 9.17) is 9.47 Å². The second-order valence-electron chi connectivity index (χ2n) is 12.7. The van der Waals surface area contributed by atoms with Crippen LogP contribution in [0.1, 0.15) is 34.6 Å². The quantitative estimate of drug-likeness (QED) is 0.575. The molecule has 2 saturated heterocycles. The third-order valence-electron chi connectivity index (χ3n) is 8.05. The van der Waals surface area contributed by atoms with Crippen LogP contribution in [0, 0.1) is 5.82 Å². The first-order chi connectivity index (χ1) is 19.8. The van der Waals surface area contributed by atoms with Crippen molar-refractivity contribution in [3.63, 3.8) is 0 Å². The lowest BCUT2D eigenvalue weighted by Crippen LogP contribution is -2.72. The molecule has 5 rings (SSSR count). The molecule has 1 aromatic carbocycles. The Kier molecular flexibility index (Phi) is 7.56. The van der Waals surface area contributed by atoms with Crippen molar-refractivity contribution in [2.45, 2.75) is 51.3 Å². The maximum Gasteiger partial charge on any atom is 0.410 e. The van der Waals surface area contributed by atoms with Crippen molar-refractivity contribution in [1.29, 1.82) is 0 Å². The standard InChI is InChI=1S/C29H39F2N7O4/c1-27(2,3)42-26(40)36-11-13-38(28(4,5)17-36)25(39)35-10-12-37-22-14-21(19-8-7-9-20(31)23(19)41-6)33-34-24(22)32-16-29(37,15-30)18-35/h7-9,14H,10-13,15-18H2,1-6H3,(H,32,34). The number of hydrogen-bond donors (Lipinski definition) is 1. The molecule has 0 spiro atoms. The third-order valence-corrected chi connectivity index (χ3v) is 8.05. The van der Waals surface area contributed by atoms with Crippen molar-refractivity contribution < 1.29 is 27.8 Å². The molecule has 42 heavy (non-hydrogen) atoms. The number of carbonyl (C=O) groups is 2. The summed E-state index contributed by atoms with van der Waals surface area (Å²) in [5.41, 5.74) is -0.839. The third kappa shape index (κ3) is 5.36. The number of nitrogens with zero attached hydrogens (tertiary/aromatic N) is 6. The number of halogens is 2. The predicted molar refractivity (Wildman–Crippen MR) is 154 cm³/mol. The zero-order valence-corrected chi connectivity index (χ0v) is 25.0. The fourth-order valence-electron chi connectivity index (χ4n) is 6.00. The van der Waals surface area contributed by atoms with Gasteiger partial charge in [0.05, 0.1) is 24.0 Å². The summed E-state index contributed by atoms with van der Waals surface area (Å²) in [6, 6.07) is 6.13. The first-order valence-corrected chi connectivity index (χ1v) is 14.1. The van der Waals surface area contributed by atoms with Gasteiger partial charge in [0.25, 0.3) is 0 Å². The number of benzene rings is 1. The Morgan fingerprint density at radius 2 is 1.81 bits per heavy atom. The van der Waals surface area contributed by atoms with Crippen LogP contribution < -0.4 is 15.0 Å². The van der Waals surface area contributed by atoms with Gasteiger partial charge in [-0.15, -0.1) is 10.2 Å². The fourth-order valence-corrected chi connectivity index (χ4v) is 6.00. The Morgan fingerprint density at radius 3 is 2.48 bits per heavy atom. The number of fused-ring (bicyclic) bond motifs is 3. The molecular formula is C29H39F2N7O4. The molecule has 0 saturated carbocycles. The van der Waals surface area contributed by atoms with Gasteiger partial charge in [-0.2, -0.15) is 0 Å². The lowest BCUT2D eigenvalue weighted by molar-refractivity contribution is -0.00977. The summed E-state index contributed by atoms with van der Waals surface area (Å²) >= 11 is 0. The highest BCUT2D eigenvalue weighted by Gasteiger charge is 2.49. The highest BCUT2D eigenvalue weighted by molar-refractivity contribution is 5.80. The van der Waals surface area contributed by atoms with Crippen molar-refractivity contribution in [2.24, 2.45) is 0 Å². The van der Waals surface area contributed by atoms with Gasteiger partial charge in [-0.05, 0) is 52.8 Å². The summed E-state index contributed by atoms with van der Waals surface area (Å²) in [7, 11) is 1.39. The molecule has 2 aromatic rings. The Balaban J connectivity index is 1.35. The number of urea groups is 1. The van der Waals surface area contributed by atoms with Gasteiger partial charge in [-0.25, -0.2) is 18.4 Å². The minimum atomic E-state index is -1.03. The molecule has 11 nitrogen and oxygen atoms in total. The lowest BCUT2D eigenvalue weighted by atomic mass is 9.91. The minimum Gasteiger partial charge on any atom is -0.493 e. The summed E-state index contributed by atoms with van der Waals surface area (Å²) in [5, 5.41) is 11.8. The van der Waals surface area contributed by atoms with E-state index in [1.165, 1.54) is 13.2 Å². The summed E-state index contributed by atoms with van der Waals surface area (Å²) in [5.74, 6) is 0.0298. The molecule has 0 aliphatic carbocycles. The van der Waals surface area contributed by atoms with Gasteiger partial charge in [0.15, 0.2) is 17.4 Å². The van der Waals surface area contributed by atoms with Crippen molar-refractivity contribution in [3.8, 4) is 17.0 Å². The molecule has 3 aliphatic rings. The number of para-hydroxylation sites is 1. The molecule has 0 bridgehead atoms. The van der Waals surface area contributed by atoms with Crippen LogP contribution in [0.3, 0.4) is 0 Å². The number of anilines is 2. The molecule has 1 N–H and O–H groups in total. The number of piperazine rings is 2. The molecule has 13 heteroatoms. The maximum atomic E-state index is 15.0. The van der Waals surface area contributed by atoms with Gasteiger partial charge >= 0.3 is 12.1 Å². The first kappa shape index (κ1) is 29.6. The van der Waals surface area contributed by atoms with Crippen LogP contribution >= 0.6 is 0 Å². The van der Waals surface area contributed by atoms with E-state index < -0.39 is 35.3 Å². The van der Waals surface area contributed by atoms with Crippen LogP contribution in [-0.4, -0.2) is 113 Å². The number of amides is 3. The monoisotopic (exact) mass is 587 g/mol. The van der Waals surface area contributed by atoms with Gasteiger partial charge in [0.1, 0.15) is 17.8 Å². The van der Waals surface area contributed by atoms with Gasteiger partial charge in [0, 0.05) is 51.4 Å². The minimum absolute atomic E-state index is 0.0528. The molecule has 1 aromatic heterocycles. The van der Waals surface area contributed by atoms with Gasteiger partial charge in [0.2, 0.25) is 0 Å². The molecule has 2 fully saturated rings. The van der Waals surface area contributed by atoms with Crippen LogP contribution in [0.5, 0.6) is 5.75 Å². The molecule has 228 valence electrons. The molecule has 3 amide bonds. The number of alkyl halides is 1. The number of ether oxygens (including phenoxy) is 2. The molecule has 1 unspecified atom stereocenters. The highest BCUT2D eigenvalue weighted by atomic mass is 19.1.